The maximum Gasteiger partial charge on any atom is 0.217 e. The lowest BCUT2D eigenvalue weighted by molar-refractivity contribution is -0.0471. The largest absolute Gasteiger partial charge is 0.474 e. The molecule has 0 amide bonds. The highest BCUT2D eigenvalue weighted by Crippen LogP contribution is 2.39. The lowest BCUT2D eigenvalue weighted by atomic mass is 9.69. The Hall–Kier alpha value is -1.16. The van der Waals surface area contributed by atoms with Gasteiger partial charge in [-0.25, -0.2) is 4.98 Å². The molecule has 2 bridgehead atoms. The van der Waals surface area contributed by atoms with Crippen LogP contribution in [0.3, 0.4) is 0 Å². The van der Waals surface area contributed by atoms with E-state index in [9.17, 15) is 0 Å². The van der Waals surface area contributed by atoms with Crippen molar-refractivity contribution in [2.45, 2.75) is 26.4 Å². The second-order valence-electron chi connectivity index (χ2n) is 4.89. The van der Waals surface area contributed by atoms with Crippen LogP contribution in [0.5, 0.6) is 5.88 Å². The van der Waals surface area contributed by atoms with Gasteiger partial charge >= 0.3 is 0 Å². The molecule has 16 heavy (non-hydrogen) atoms. The number of hydrogen-bond acceptors (Lipinski definition) is 4. The van der Waals surface area contributed by atoms with Gasteiger partial charge < -0.3 is 10.1 Å². The Morgan fingerprint density at radius 2 is 2.00 bits per heavy atom. The molecule has 4 nitrogen and oxygen atoms in total. The van der Waals surface area contributed by atoms with E-state index >= 15 is 0 Å². The van der Waals surface area contributed by atoms with Gasteiger partial charge in [-0.05, 0) is 20.3 Å². The molecular formula is C12H17N3O. The van der Waals surface area contributed by atoms with Gasteiger partial charge in [0.1, 0.15) is 11.9 Å². The molecule has 1 saturated carbocycles. The quantitative estimate of drug-likeness (QED) is 0.808. The van der Waals surface area contributed by atoms with Crippen molar-refractivity contribution >= 4 is 0 Å². The molecule has 86 valence electrons. The zero-order chi connectivity index (χ0) is 11.1. The van der Waals surface area contributed by atoms with E-state index in [0.717, 1.165) is 30.5 Å². The topological polar surface area (TPSA) is 47.0 Å². The molecule has 0 radical (unpaired) electrons. The number of aryl methyl sites for hydroxylation is 2. The number of nitrogens with one attached hydrogen (secondary N) is 1. The van der Waals surface area contributed by atoms with Crippen LogP contribution < -0.4 is 10.1 Å². The summed E-state index contributed by atoms with van der Waals surface area (Å²) in [5.41, 5.74) is 0.977. The van der Waals surface area contributed by atoms with Gasteiger partial charge in [-0.15, -0.1) is 0 Å². The van der Waals surface area contributed by atoms with Gasteiger partial charge in [-0.2, -0.15) is 4.98 Å². The van der Waals surface area contributed by atoms with E-state index in [-0.39, 0.29) is 0 Å². The van der Waals surface area contributed by atoms with E-state index in [0.29, 0.717) is 17.9 Å². The smallest absolute Gasteiger partial charge is 0.217 e. The molecule has 1 unspecified atom stereocenters. The van der Waals surface area contributed by atoms with Crippen LogP contribution in [0.1, 0.15) is 17.9 Å². The maximum absolute atomic E-state index is 5.99. The van der Waals surface area contributed by atoms with E-state index in [4.69, 9.17) is 4.74 Å². The lowest BCUT2D eigenvalue weighted by Crippen LogP contribution is -2.59. The van der Waals surface area contributed by atoms with Crippen LogP contribution in [0.15, 0.2) is 6.07 Å². The third kappa shape index (κ3) is 1.67. The molecular weight excluding hydrogens is 202 g/mol. The van der Waals surface area contributed by atoms with Gasteiger partial charge in [0.25, 0.3) is 0 Å². The van der Waals surface area contributed by atoms with E-state index in [1.807, 2.05) is 19.9 Å². The first-order valence-corrected chi connectivity index (χ1v) is 5.92. The number of nitrogens with zero attached hydrogens (tertiary/aromatic N) is 2. The van der Waals surface area contributed by atoms with Crippen molar-refractivity contribution in [2.24, 2.45) is 11.8 Å². The van der Waals surface area contributed by atoms with Crippen LogP contribution in [0.25, 0.3) is 0 Å². The second kappa shape index (κ2) is 3.70. The molecule has 1 saturated heterocycles. The number of hydrogen-bond donors (Lipinski definition) is 1. The molecule has 0 aromatic carbocycles. The highest BCUT2D eigenvalue weighted by Gasteiger charge is 2.45. The molecule has 2 heterocycles. The van der Waals surface area contributed by atoms with Crippen molar-refractivity contribution in [2.75, 3.05) is 13.1 Å². The fraction of sp³-hybridized carbons (Fsp3) is 0.667. The summed E-state index contributed by atoms with van der Waals surface area (Å²) in [7, 11) is 0. The first-order valence-electron chi connectivity index (χ1n) is 5.92. The summed E-state index contributed by atoms with van der Waals surface area (Å²) in [5, 5.41) is 3.41. The van der Waals surface area contributed by atoms with Crippen LogP contribution in [0, 0.1) is 25.7 Å². The normalized spacial score (nSPS) is 32.0. The zero-order valence-electron chi connectivity index (χ0n) is 9.73. The fourth-order valence-electron chi connectivity index (χ4n) is 2.77. The van der Waals surface area contributed by atoms with Crippen LogP contribution in [-0.4, -0.2) is 29.2 Å². The number of ether oxygens (including phenoxy) is 1. The number of aromatic nitrogens is 2. The standard InChI is InChI=1S/C12H17N3O/c1-7-3-11(15-8(2)14-7)16-12-9-4-10(12)6-13-5-9/h3,9-10,12-13H,4-6H2,1-2H3/t9-,10+,12?. The molecule has 2 fully saturated rings. The molecule has 3 atom stereocenters. The summed E-state index contributed by atoms with van der Waals surface area (Å²) in [6.45, 7) is 6.06. The second-order valence-corrected chi connectivity index (χ2v) is 4.89. The Morgan fingerprint density at radius 1 is 1.25 bits per heavy atom. The first kappa shape index (κ1) is 10.0. The summed E-state index contributed by atoms with van der Waals surface area (Å²) in [6.07, 6.45) is 1.68. The molecule has 1 N–H and O–H groups in total. The van der Waals surface area contributed by atoms with E-state index in [1.165, 1.54) is 6.42 Å². The highest BCUT2D eigenvalue weighted by molar-refractivity contribution is 5.16. The Labute approximate surface area is 95.4 Å². The molecule has 2 aliphatic rings. The van der Waals surface area contributed by atoms with Gasteiger partial charge in [0, 0.05) is 36.7 Å². The highest BCUT2D eigenvalue weighted by atomic mass is 16.5. The summed E-state index contributed by atoms with van der Waals surface area (Å²) < 4.78 is 5.99. The first-order chi connectivity index (χ1) is 7.72. The molecule has 1 aromatic rings. The molecule has 1 aliphatic heterocycles. The molecule has 1 aliphatic carbocycles. The Morgan fingerprint density at radius 3 is 2.62 bits per heavy atom. The summed E-state index contributed by atoms with van der Waals surface area (Å²) in [6, 6.07) is 1.93. The molecule has 3 rings (SSSR count). The lowest BCUT2D eigenvalue weighted by Gasteiger charge is -2.48. The Bertz CT molecular complexity index is 373. The Balaban J connectivity index is 1.74. The molecule has 1 aromatic heterocycles. The van der Waals surface area contributed by atoms with Gasteiger partial charge in [-0.1, -0.05) is 0 Å². The average Bonchev–Trinajstić information content (AvgIpc) is 2.25. The zero-order valence-corrected chi connectivity index (χ0v) is 9.73. The minimum absolute atomic E-state index is 0.370. The number of rotatable bonds is 2. The van der Waals surface area contributed by atoms with E-state index < -0.39 is 0 Å². The number of fused-ring (bicyclic) bond motifs is 2. The molecule has 0 spiro atoms. The van der Waals surface area contributed by atoms with Crippen LogP contribution in [0.4, 0.5) is 0 Å². The van der Waals surface area contributed by atoms with Crippen molar-refractivity contribution in [1.29, 1.82) is 0 Å². The third-order valence-corrected chi connectivity index (χ3v) is 3.55. The van der Waals surface area contributed by atoms with E-state index in [1.54, 1.807) is 0 Å². The van der Waals surface area contributed by atoms with Gasteiger partial charge in [0.2, 0.25) is 5.88 Å². The van der Waals surface area contributed by atoms with Crippen molar-refractivity contribution in [3.63, 3.8) is 0 Å². The van der Waals surface area contributed by atoms with Crippen LogP contribution in [0.2, 0.25) is 0 Å². The van der Waals surface area contributed by atoms with Crippen molar-refractivity contribution in [1.82, 2.24) is 15.3 Å². The van der Waals surface area contributed by atoms with Crippen molar-refractivity contribution < 1.29 is 4.74 Å². The maximum atomic E-state index is 5.99. The minimum atomic E-state index is 0.370. The van der Waals surface area contributed by atoms with E-state index in [2.05, 4.69) is 15.3 Å². The Kier molecular flexibility index (Phi) is 2.32. The van der Waals surface area contributed by atoms with Gasteiger partial charge in [-0.3, -0.25) is 0 Å². The SMILES string of the molecule is Cc1cc(OC2[C@@H]3CNC[C@H]2C3)nc(C)n1. The minimum Gasteiger partial charge on any atom is -0.474 e. The average molecular weight is 219 g/mol. The summed E-state index contributed by atoms with van der Waals surface area (Å²) in [4.78, 5) is 8.58. The predicted molar refractivity (Wildman–Crippen MR) is 60.4 cm³/mol. The summed E-state index contributed by atoms with van der Waals surface area (Å²) in [5.74, 6) is 2.88. The molecule has 4 heteroatoms. The van der Waals surface area contributed by atoms with Crippen molar-refractivity contribution in [3.8, 4) is 5.88 Å². The van der Waals surface area contributed by atoms with Gasteiger partial charge in [0.15, 0.2) is 0 Å². The van der Waals surface area contributed by atoms with Crippen LogP contribution in [-0.2, 0) is 0 Å². The van der Waals surface area contributed by atoms with Crippen LogP contribution >= 0.6 is 0 Å². The monoisotopic (exact) mass is 219 g/mol. The fourth-order valence-corrected chi connectivity index (χ4v) is 2.77. The summed E-state index contributed by atoms with van der Waals surface area (Å²) >= 11 is 0. The van der Waals surface area contributed by atoms with Crippen molar-refractivity contribution in [3.05, 3.63) is 17.6 Å². The third-order valence-electron chi connectivity index (χ3n) is 3.55. The number of piperidine rings is 2. The predicted octanol–water partition coefficient (Wildman–Crippen LogP) is 1.08. The van der Waals surface area contributed by atoms with Gasteiger partial charge in [0.05, 0.1) is 0 Å².